The quantitative estimate of drug-likeness (QED) is 0.697. The lowest BCUT2D eigenvalue weighted by atomic mass is 10.2. The third-order valence-electron chi connectivity index (χ3n) is 3.68. The maximum absolute atomic E-state index is 12.1. The number of halogens is 1. The average Bonchev–Trinajstić information content (AvgIpc) is 2.59. The van der Waals surface area contributed by atoms with Gasteiger partial charge >= 0.3 is 0 Å². The molecule has 0 unspecified atom stereocenters. The van der Waals surface area contributed by atoms with Gasteiger partial charge in [0.2, 0.25) is 5.91 Å². The molecule has 0 atom stereocenters. The van der Waals surface area contributed by atoms with Gasteiger partial charge in [0.25, 0.3) is 5.91 Å². The molecule has 0 aliphatic heterocycles. The highest BCUT2D eigenvalue weighted by molar-refractivity contribution is 6.30. The van der Waals surface area contributed by atoms with Gasteiger partial charge in [0.1, 0.15) is 5.75 Å². The zero-order chi connectivity index (χ0) is 18.9. The van der Waals surface area contributed by atoms with Gasteiger partial charge in [0.15, 0.2) is 6.61 Å². The summed E-state index contributed by atoms with van der Waals surface area (Å²) in [6, 6.07) is 12.3. The Labute approximate surface area is 158 Å². The highest BCUT2D eigenvalue weighted by atomic mass is 35.5. The minimum absolute atomic E-state index is 0.0307. The summed E-state index contributed by atoms with van der Waals surface area (Å²) in [5, 5.41) is 6.21. The lowest BCUT2D eigenvalue weighted by Crippen LogP contribution is -2.20. The van der Waals surface area contributed by atoms with E-state index in [1.165, 1.54) is 0 Å². The van der Waals surface area contributed by atoms with Crippen molar-refractivity contribution in [2.45, 2.75) is 33.1 Å². The van der Waals surface area contributed by atoms with Gasteiger partial charge in [-0.3, -0.25) is 9.59 Å². The van der Waals surface area contributed by atoms with Crippen LogP contribution in [0.25, 0.3) is 0 Å². The second kappa shape index (κ2) is 9.82. The summed E-state index contributed by atoms with van der Waals surface area (Å²) in [7, 11) is 0. The van der Waals surface area contributed by atoms with E-state index in [0.29, 0.717) is 28.6 Å². The number of hydrogen-bond donors (Lipinski definition) is 2. The molecule has 2 aromatic rings. The number of hydrogen-bond acceptors (Lipinski definition) is 3. The van der Waals surface area contributed by atoms with Crippen LogP contribution in [0.15, 0.2) is 42.5 Å². The average molecular weight is 375 g/mol. The molecule has 0 bridgehead atoms. The number of aryl methyl sites for hydroxylation is 1. The second-order valence-electron chi connectivity index (χ2n) is 5.98. The van der Waals surface area contributed by atoms with Crippen LogP contribution < -0.4 is 15.4 Å². The number of rotatable bonds is 8. The first-order valence-corrected chi connectivity index (χ1v) is 8.94. The minimum atomic E-state index is -0.284. The van der Waals surface area contributed by atoms with Crippen LogP contribution in [0.2, 0.25) is 5.02 Å². The number of benzene rings is 2. The molecule has 0 radical (unpaired) electrons. The highest BCUT2D eigenvalue weighted by Gasteiger charge is 2.07. The van der Waals surface area contributed by atoms with E-state index in [0.717, 1.165) is 18.4 Å². The SMILES string of the molecule is CCCCC(=O)Nc1cccc(NC(=O)COc2ccc(Cl)cc2C)c1. The molecule has 0 saturated heterocycles. The second-order valence-corrected chi connectivity index (χ2v) is 6.42. The number of anilines is 2. The Hall–Kier alpha value is -2.53. The molecule has 2 rings (SSSR count). The topological polar surface area (TPSA) is 67.4 Å². The first-order chi connectivity index (χ1) is 12.5. The van der Waals surface area contributed by atoms with Gasteiger partial charge < -0.3 is 15.4 Å². The Kier molecular flexibility index (Phi) is 7.48. The maximum atomic E-state index is 12.1. The van der Waals surface area contributed by atoms with E-state index in [1.54, 1.807) is 42.5 Å². The molecule has 0 saturated carbocycles. The number of carbonyl (C=O) groups is 2. The van der Waals surface area contributed by atoms with Gasteiger partial charge in [-0.2, -0.15) is 0 Å². The summed E-state index contributed by atoms with van der Waals surface area (Å²) < 4.78 is 5.52. The number of ether oxygens (including phenoxy) is 1. The number of carbonyl (C=O) groups excluding carboxylic acids is 2. The highest BCUT2D eigenvalue weighted by Crippen LogP contribution is 2.22. The van der Waals surface area contributed by atoms with Crippen molar-refractivity contribution in [1.82, 2.24) is 0 Å². The standard InChI is InChI=1S/C20H23ClN2O3/c1-3-4-8-19(24)22-16-6-5-7-17(12-16)23-20(25)13-26-18-10-9-15(21)11-14(18)2/h5-7,9-12H,3-4,8,13H2,1-2H3,(H,22,24)(H,23,25). The Balaban J connectivity index is 1.88. The Bertz CT molecular complexity index is 777. The van der Waals surface area contributed by atoms with Crippen molar-refractivity contribution >= 4 is 34.8 Å². The van der Waals surface area contributed by atoms with Crippen molar-refractivity contribution in [3.63, 3.8) is 0 Å². The van der Waals surface area contributed by atoms with Crippen molar-refractivity contribution in [1.29, 1.82) is 0 Å². The lowest BCUT2D eigenvalue weighted by Gasteiger charge is -2.11. The molecule has 0 heterocycles. The van der Waals surface area contributed by atoms with E-state index in [1.807, 2.05) is 13.8 Å². The summed E-state index contributed by atoms with van der Waals surface area (Å²) in [6.07, 6.45) is 2.31. The zero-order valence-corrected chi connectivity index (χ0v) is 15.7. The fourth-order valence-electron chi connectivity index (χ4n) is 2.35. The molecule has 6 heteroatoms. The van der Waals surface area contributed by atoms with Crippen molar-refractivity contribution < 1.29 is 14.3 Å². The van der Waals surface area contributed by atoms with Crippen molar-refractivity contribution in [3.05, 3.63) is 53.1 Å². The molecule has 0 aliphatic rings. The minimum Gasteiger partial charge on any atom is -0.483 e. The molecule has 2 N–H and O–H groups in total. The zero-order valence-electron chi connectivity index (χ0n) is 15.0. The fourth-order valence-corrected chi connectivity index (χ4v) is 2.58. The van der Waals surface area contributed by atoms with E-state index >= 15 is 0 Å². The van der Waals surface area contributed by atoms with Gasteiger partial charge in [-0.1, -0.05) is 31.0 Å². The van der Waals surface area contributed by atoms with Crippen LogP contribution in [0.1, 0.15) is 31.7 Å². The number of nitrogens with one attached hydrogen (secondary N) is 2. The molecule has 0 aromatic heterocycles. The van der Waals surface area contributed by atoms with E-state index in [2.05, 4.69) is 10.6 Å². The summed E-state index contributed by atoms with van der Waals surface area (Å²) in [4.78, 5) is 23.9. The molecular formula is C20H23ClN2O3. The first kappa shape index (κ1) is 19.8. The third-order valence-corrected chi connectivity index (χ3v) is 3.92. The van der Waals surface area contributed by atoms with Crippen LogP contribution in [0.5, 0.6) is 5.75 Å². The van der Waals surface area contributed by atoms with Gasteiger partial charge in [-0.15, -0.1) is 0 Å². The predicted molar refractivity (Wildman–Crippen MR) is 105 cm³/mol. The van der Waals surface area contributed by atoms with Crippen LogP contribution in [-0.4, -0.2) is 18.4 Å². The summed E-state index contributed by atoms with van der Waals surface area (Å²) in [6.45, 7) is 3.79. The Morgan fingerprint density at radius 3 is 2.38 bits per heavy atom. The van der Waals surface area contributed by atoms with Crippen LogP contribution in [0.3, 0.4) is 0 Å². The van der Waals surface area contributed by atoms with E-state index in [4.69, 9.17) is 16.3 Å². The molecule has 2 aromatic carbocycles. The van der Waals surface area contributed by atoms with E-state index in [-0.39, 0.29) is 18.4 Å². The Morgan fingerprint density at radius 2 is 1.73 bits per heavy atom. The molecule has 0 spiro atoms. The summed E-state index contributed by atoms with van der Waals surface area (Å²) in [5.41, 5.74) is 2.11. The van der Waals surface area contributed by atoms with Crippen LogP contribution >= 0.6 is 11.6 Å². The summed E-state index contributed by atoms with van der Waals surface area (Å²) >= 11 is 5.90. The monoisotopic (exact) mass is 374 g/mol. The van der Waals surface area contributed by atoms with Crippen LogP contribution in [0, 0.1) is 6.92 Å². The smallest absolute Gasteiger partial charge is 0.262 e. The van der Waals surface area contributed by atoms with Crippen molar-refractivity contribution in [3.8, 4) is 5.75 Å². The van der Waals surface area contributed by atoms with Crippen LogP contribution in [0.4, 0.5) is 11.4 Å². The predicted octanol–water partition coefficient (Wildman–Crippen LogP) is 4.79. The van der Waals surface area contributed by atoms with Crippen molar-refractivity contribution in [2.75, 3.05) is 17.2 Å². The van der Waals surface area contributed by atoms with Crippen molar-refractivity contribution in [2.24, 2.45) is 0 Å². The third kappa shape index (κ3) is 6.41. The molecule has 5 nitrogen and oxygen atoms in total. The number of unbranched alkanes of at least 4 members (excludes halogenated alkanes) is 1. The van der Waals surface area contributed by atoms with Gasteiger partial charge in [0, 0.05) is 22.8 Å². The molecular weight excluding hydrogens is 352 g/mol. The van der Waals surface area contributed by atoms with Gasteiger partial charge in [0.05, 0.1) is 0 Å². The first-order valence-electron chi connectivity index (χ1n) is 8.56. The normalized spacial score (nSPS) is 10.3. The molecule has 0 aliphatic carbocycles. The summed E-state index contributed by atoms with van der Waals surface area (Å²) in [5.74, 6) is 0.298. The molecule has 0 fully saturated rings. The largest absolute Gasteiger partial charge is 0.483 e. The van der Waals surface area contributed by atoms with E-state index in [9.17, 15) is 9.59 Å². The van der Waals surface area contributed by atoms with E-state index < -0.39 is 0 Å². The molecule has 138 valence electrons. The molecule has 26 heavy (non-hydrogen) atoms. The fraction of sp³-hybridized carbons (Fsp3) is 0.300. The maximum Gasteiger partial charge on any atom is 0.262 e. The molecule has 2 amide bonds. The Morgan fingerprint density at radius 1 is 1.04 bits per heavy atom. The van der Waals surface area contributed by atoms with Gasteiger partial charge in [-0.25, -0.2) is 0 Å². The van der Waals surface area contributed by atoms with Crippen LogP contribution in [-0.2, 0) is 9.59 Å². The number of amides is 2. The lowest BCUT2D eigenvalue weighted by molar-refractivity contribution is -0.118. The van der Waals surface area contributed by atoms with Gasteiger partial charge in [-0.05, 0) is 55.3 Å².